The molecule has 1 N–H and O–H groups in total. The lowest BCUT2D eigenvalue weighted by molar-refractivity contribution is 0.267. The first kappa shape index (κ1) is 22.8. The van der Waals surface area contributed by atoms with Gasteiger partial charge in [-0.2, -0.15) is 0 Å². The normalized spacial score (nSPS) is 10.8. The fourth-order valence-corrected chi connectivity index (χ4v) is 3.72. The third-order valence-electron chi connectivity index (χ3n) is 4.63. The molecule has 0 atom stereocenters. The molecule has 0 unspecified atom stereocenters. The van der Waals surface area contributed by atoms with E-state index >= 15 is 0 Å². The topological polar surface area (TPSA) is 30.5 Å². The highest BCUT2D eigenvalue weighted by Crippen LogP contribution is 2.37. The van der Waals surface area contributed by atoms with Crippen LogP contribution in [-0.2, 0) is 13.2 Å². The Bertz CT molecular complexity index is 676. The van der Waals surface area contributed by atoms with Crippen molar-refractivity contribution in [3.05, 3.63) is 58.1 Å². The number of hydrogen-bond donors (Lipinski definition) is 1. The van der Waals surface area contributed by atoms with Gasteiger partial charge in [0.25, 0.3) is 0 Å². The Morgan fingerprint density at radius 2 is 1.61 bits per heavy atom. The van der Waals surface area contributed by atoms with Crippen molar-refractivity contribution in [2.24, 2.45) is 0 Å². The van der Waals surface area contributed by atoms with E-state index in [0.717, 1.165) is 34.6 Å². The van der Waals surface area contributed by atoms with Gasteiger partial charge in [0, 0.05) is 6.54 Å². The van der Waals surface area contributed by atoms with E-state index in [0.29, 0.717) is 13.2 Å². The summed E-state index contributed by atoms with van der Waals surface area (Å²) in [6.45, 7) is 7.29. The number of benzene rings is 2. The predicted octanol–water partition coefficient (Wildman–Crippen LogP) is 6.88. The summed E-state index contributed by atoms with van der Waals surface area (Å²) in [6.07, 6.45) is 7.93. The number of ether oxygens (including phenoxy) is 2. The minimum atomic E-state index is 0.523. The van der Waals surface area contributed by atoms with E-state index in [1.807, 2.05) is 25.1 Å². The Hall–Kier alpha value is -1.52. The van der Waals surface area contributed by atoms with Gasteiger partial charge in [0.15, 0.2) is 11.5 Å². The van der Waals surface area contributed by atoms with Crippen molar-refractivity contribution < 1.29 is 9.47 Å². The summed E-state index contributed by atoms with van der Waals surface area (Å²) in [5, 5.41) is 3.55. The van der Waals surface area contributed by atoms with Gasteiger partial charge in [-0.3, -0.25) is 0 Å². The van der Waals surface area contributed by atoms with Crippen LogP contribution >= 0.6 is 15.9 Å². The van der Waals surface area contributed by atoms with Gasteiger partial charge in [0.2, 0.25) is 0 Å². The molecular weight excluding hydrogens is 414 g/mol. The smallest absolute Gasteiger partial charge is 0.175 e. The Kier molecular flexibility index (Phi) is 11.1. The van der Waals surface area contributed by atoms with Crippen molar-refractivity contribution in [1.82, 2.24) is 5.32 Å². The lowest BCUT2D eigenvalue weighted by Crippen LogP contribution is -2.15. The van der Waals surface area contributed by atoms with Gasteiger partial charge in [-0.1, -0.05) is 69.4 Å². The second-order valence-corrected chi connectivity index (χ2v) is 7.91. The van der Waals surface area contributed by atoms with Crippen molar-refractivity contribution in [3.8, 4) is 11.5 Å². The number of unbranched alkanes of at least 4 members (excludes halogenated alkanes) is 5. The molecule has 0 aliphatic rings. The molecule has 0 radical (unpaired) electrons. The van der Waals surface area contributed by atoms with Crippen LogP contribution in [0.4, 0.5) is 0 Å². The van der Waals surface area contributed by atoms with Gasteiger partial charge >= 0.3 is 0 Å². The number of rotatable bonds is 14. The van der Waals surface area contributed by atoms with Crippen LogP contribution in [0.1, 0.15) is 63.5 Å². The monoisotopic (exact) mass is 447 g/mol. The summed E-state index contributed by atoms with van der Waals surface area (Å²) in [5.41, 5.74) is 2.34. The molecule has 0 fully saturated rings. The quantitative estimate of drug-likeness (QED) is 0.320. The molecule has 0 saturated carbocycles. The van der Waals surface area contributed by atoms with Crippen LogP contribution in [0.25, 0.3) is 0 Å². The first-order chi connectivity index (χ1) is 13.7. The second-order valence-electron chi connectivity index (χ2n) is 7.06. The Morgan fingerprint density at radius 3 is 2.36 bits per heavy atom. The molecule has 0 bridgehead atoms. The van der Waals surface area contributed by atoms with Crippen molar-refractivity contribution in [2.45, 2.75) is 65.5 Å². The molecule has 0 saturated heterocycles. The summed E-state index contributed by atoms with van der Waals surface area (Å²) in [4.78, 5) is 0. The van der Waals surface area contributed by atoms with Gasteiger partial charge in [0.05, 0.1) is 11.1 Å². The zero-order chi connectivity index (χ0) is 20.0. The minimum Gasteiger partial charge on any atom is -0.490 e. The summed E-state index contributed by atoms with van der Waals surface area (Å²) in [5.74, 6) is 1.56. The van der Waals surface area contributed by atoms with E-state index in [2.05, 4.69) is 52.4 Å². The third kappa shape index (κ3) is 8.24. The number of hydrogen-bond acceptors (Lipinski definition) is 3. The summed E-state index contributed by atoms with van der Waals surface area (Å²) in [6, 6.07) is 14.4. The minimum absolute atomic E-state index is 0.523. The van der Waals surface area contributed by atoms with Crippen molar-refractivity contribution in [1.29, 1.82) is 0 Å². The standard InChI is InChI=1S/C24H34BrNO2/c1-3-5-6-7-8-12-15-26-18-21-16-22(25)24(23(17-21)27-4-2)28-19-20-13-10-9-11-14-20/h9-11,13-14,16-17,26H,3-8,12,15,18-19H2,1-2H3. The average Bonchev–Trinajstić information content (AvgIpc) is 2.70. The molecule has 0 aliphatic carbocycles. The summed E-state index contributed by atoms with van der Waals surface area (Å²) >= 11 is 3.67. The van der Waals surface area contributed by atoms with E-state index in [-0.39, 0.29) is 0 Å². The molecule has 0 aromatic heterocycles. The van der Waals surface area contributed by atoms with Gasteiger partial charge in [-0.25, -0.2) is 0 Å². The zero-order valence-corrected chi connectivity index (χ0v) is 18.9. The van der Waals surface area contributed by atoms with Crippen molar-refractivity contribution in [3.63, 3.8) is 0 Å². The van der Waals surface area contributed by atoms with Crippen LogP contribution in [-0.4, -0.2) is 13.2 Å². The predicted molar refractivity (Wildman–Crippen MR) is 121 cm³/mol. The van der Waals surface area contributed by atoms with E-state index in [1.165, 1.54) is 44.1 Å². The lowest BCUT2D eigenvalue weighted by Gasteiger charge is -2.16. The maximum absolute atomic E-state index is 6.06. The molecule has 4 heteroatoms. The molecule has 0 heterocycles. The van der Waals surface area contributed by atoms with Crippen LogP contribution in [0, 0.1) is 0 Å². The number of nitrogens with one attached hydrogen (secondary N) is 1. The maximum atomic E-state index is 6.06. The highest BCUT2D eigenvalue weighted by Gasteiger charge is 2.12. The van der Waals surface area contributed by atoms with Crippen molar-refractivity contribution >= 4 is 15.9 Å². The molecule has 0 aliphatic heterocycles. The second kappa shape index (κ2) is 13.6. The van der Waals surface area contributed by atoms with Crippen LogP contribution in [0.2, 0.25) is 0 Å². The Morgan fingerprint density at radius 1 is 0.857 bits per heavy atom. The summed E-state index contributed by atoms with van der Waals surface area (Å²) < 4.78 is 12.8. The molecule has 154 valence electrons. The Balaban J connectivity index is 1.86. The third-order valence-corrected chi connectivity index (χ3v) is 5.22. The zero-order valence-electron chi connectivity index (χ0n) is 17.3. The van der Waals surface area contributed by atoms with E-state index in [4.69, 9.17) is 9.47 Å². The molecule has 28 heavy (non-hydrogen) atoms. The molecule has 2 rings (SSSR count). The SMILES string of the molecule is CCCCCCCCNCc1cc(Br)c(OCc2ccccc2)c(OCC)c1. The average molecular weight is 448 g/mol. The van der Waals surface area contributed by atoms with Gasteiger partial charge in [-0.05, 0) is 59.1 Å². The lowest BCUT2D eigenvalue weighted by atomic mass is 10.1. The first-order valence-electron chi connectivity index (χ1n) is 10.6. The first-order valence-corrected chi connectivity index (χ1v) is 11.4. The number of halogens is 1. The van der Waals surface area contributed by atoms with Crippen LogP contribution in [0.15, 0.2) is 46.9 Å². The van der Waals surface area contributed by atoms with Gasteiger partial charge < -0.3 is 14.8 Å². The molecule has 0 amide bonds. The maximum Gasteiger partial charge on any atom is 0.175 e. The van der Waals surface area contributed by atoms with E-state index in [1.54, 1.807) is 0 Å². The fraction of sp³-hybridized carbons (Fsp3) is 0.500. The largest absolute Gasteiger partial charge is 0.490 e. The van der Waals surface area contributed by atoms with E-state index in [9.17, 15) is 0 Å². The molecule has 2 aromatic rings. The molecule has 3 nitrogen and oxygen atoms in total. The van der Waals surface area contributed by atoms with Gasteiger partial charge in [0.1, 0.15) is 6.61 Å². The molecular formula is C24H34BrNO2. The highest BCUT2D eigenvalue weighted by molar-refractivity contribution is 9.10. The van der Waals surface area contributed by atoms with Crippen LogP contribution in [0.5, 0.6) is 11.5 Å². The highest BCUT2D eigenvalue weighted by atomic mass is 79.9. The van der Waals surface area contributed by atoms with Crippen LogP contribution < -0.4 is 14.8 Å². The molecule has 2 aromatic carbocycles. The van der Waals surface area contributed by atoms with Crippen molar-refractivity contribution in [2.75, 3.05) is 13.2 Å². The Labute approximate surface area is 179 Å². The fourth-order valence-electron chi connectivity index (χ4n) is 3.12. The van der Waals surface area contributed by atoms with Crippen LogP contribution in [0.3, 0.4) is 0 Å². The van der Waals surface area contributed by atoms with Gasteiger partial charge in [-0.15, -0.1) is 0 Å². The summed E-state index contributed by atoms with van der Waals surface area (Å²) in [7, 11) is 0. The van der Waals surface area contributed by atoms with E-state index < -0.39 is 0 Å². The molecule has 0 spiro atoms.